The van der Waals surface area contributed by atoms with Crippen LogP contribution in [0.4, 0.5) is 0 Å². The SMILES string of the molecule is CC=CCN(Cc1ccc(OC)c(OC)c1)C(=O)CC(=O)OC. The van der Waals surface area contributed by atoms with E-state index >= 15 is 0 Å². The number of carbonyl (C=O) groups is 2. The van der Waals surface area contributed by atoms with E-state index in [1.807, 2.05) is 31.2 Å². The summed E-state index contributed by atoms with van der Waals surface area (Å²) in [5.41, 5.74) is 0.880. The fraction of sp³-hybridized carbons (Fsp3) is 0.412. The van der Waals surface area contributed by atoms with E-state index in [2.05, 4.69) is 4.74 Å². The van der Waals surface area contributed by atoms with E-state index in [4.69, 9.17) is 9.47 Å². The van der Waals surface area contributed by atoms with Gasteiger partial charge < -0.3 is 19.1 Å². The van der Waals surface area contributed by atoms with Crippen LogP contribution >= 0.6 is 0 Å². The lowest BCUT2D eigenvalue weighted by Gasteiger charge is -2.21. The number of methoxy groups -OCH3 is 3. The standard InChI is InChI=1S/C17H23NO5/c1-5-6-9-18(16(19)11-17(20)23-4)12-13-7-8-14(21-2)15(10-13)22-3/h5-8,10H,9,11-12H2,1-4H3. The van der Waals surface area contributed by atoms with E-state index in [1.165, 1.54) is 7.11 Å². The fourth-order valence-corrected chi connectivity index (χ4v) is 1.99. The maximum atomic E-state index is 12.2. The van der Waals surface area contributed by atoms with Crippen LogP contribution in [0.2, 0.25) is 0 Å². The van der Waals surface area contributed by atoms with Gasteiger partial charge in [0, 0.05) is 13.1 Å². The minimum absolute atomic E-state index is 0.276. The number of carbonyl (C=O) groups excluding carboxylic acids is 2. The Balaban J connectivity index is 2.92. The van der Waals surface area contributed by atoms with Gasteiger partial charge >= 0.3 is 5.97 Å². The van der Waals surface area contributed by atoms with Crippen LogP contribution in [0.15, 0.2) is 30.4 Å². The van der Waals surface area contributed by atoms with E-state index in [9.17, 15) is 9.59 Å². The summed E-state index contributed by atoms with van der Waals surface area (Å²) in [5.74, 6) is 0.381. The van der Waals surface area contributed by atoms with Gasteiger partial charge in [-0.2, -0.15) is 0 Å². The molecule has 6 heteroatoms. The molecule has 0 aliphatic rings. The second-order valence-electron chi connectivity index (χ2n) is 4.79. The van der Waals surface area contributed by atoms with Crippen LogP contribution in [0.1, 0.15) is 18.9 Å². The third kappa shape index (κ3) is 5.65. The zero-order chi connectivity index (χ0) is 17.2. The second kappa shape index (κ2) is 9.50. The highest BCUT2D eigenvalue weighted by Gasteiger charge is 2.18. The Morgan fingerprint density at radius 3 is 2.39 bits per heavy atom. The smallest absolute Gasteiger partial charge is 0.315 e. The van der Waals surface area contributed by atoms with E-state index < -0.39 is 5.97 Å². The van der Waals surface area contributed by atoms with Gasteiger partial charge in [-0.3, -0.25) is 9.59 Å². The molecule has 0 aromatic heterocycles. The Morgan fingerprint density at radius 2 is 1.83 bits per heavy atom. The highest BCUT2D eigenvalue weighted by molar-refractivity contribution is 5.94. The van der Waals surface area contributed by atoms with Crippen molar-refractivity contribution < 1.29 is 23.8 Å². The number of esters is 1. The topological polar surface area (TPSA) is 65.1 Å². The summed E-state index contributed by atoms with van der Waals surface area (Å²) >= 11 is 0. The van der Waals surface area contributed by atoms with Gasteiger partial charge in [0.2, 0.25) is 5.91 Å². The summed E-state index contributed by atoms with van der Waals surface area (Å²) in [6, 6.07) is 5.45. The van der Waals surface area contributed by atoms with Crippen molar-refractivity contribution in [2.24, 2.45) is 0 Å². The Labute approximate surface area is 136 Å². The van der Waals surface area contributed by atoms with Gasteiger partial charge in [0.1, 0.15) is 6.42 Å². The van der Waals surface area contributed by atoms with Gasteiger partial charge in [0.15, 0.2) is 11.5 Å². The molecule has 1 aromatic rings. The summed E-state index contributed by atoms with van der Waals surface area (Å²) in [6.45, 7) is 2.65. The Kier molecular flexibility index (Phi) is 7.66. The van der Waals surface area contributed by atoms with Gasteiger partial charge in [-0.1, -0.05) is 18.2 Å². The highest BCUT2D eigenvalue weighted by atomic mass is 16.5. The molecule has 6 nitrogen and oxygen atoms in total. The molecule has 1 aromatic carbocycles. The van der Waals surface area contributed by atoms with Crippen molar-refractivity contribution >= 4 is 11.9 Å². The van der Waals surface area contributed by atoms with E-state index in [0.29, 0.717) is 24.6 Å². The molecule has 0 saturated heterocycles. The fourth-order valence-electron chi connectivity index (χ4n) is 1.99. The number of hydrogen-bond donors (Lipinski definition) is 0. The zero-order valence-electron chi connectivity index (χ0n) is 14.0. The molecule has 0 heterocycles. The van der Waals surface area contributed by atoms with Gasteiger partial charge in [0.25, 0.3) is 0 Å². The molecule has 0 aliphatic heterocycles. The molecule has 0 unspecified atom stereocenters. The molecule has 0 bridgehead atoms. The van der Waals surface area contributed by atoms with Gasteiger partial charge in [-0.15, -0.1) is 0 Å². The quantitative estimate of drug-likeness (QED) is 0.417. The molecule has 23 heavy (non-hydrogen) atoms. The van der Waals surface area contributed by atoms with E-state index in [1.54, 1.807) is 25.2 Å². The number of ether oxygens (including phenoxy) is 3. The lowest BCUT2D eigenvalue weighted by atomic mass is 10.1. The van der Waals surface area contributed by atoms with Crippen molar-refractivity contribution in [3.05, 3.63) is 35.9 Å². The average Bonchev–Trinajstić information content (AvgIpc) is 2.57. The number of benzene rings is 1. The number of amides is 1. The van der Waals surface area contributed by atoms with Crippen molar-refractivity contribution in [1.29, 1.82) is 0 Å². The molecule has 0 radical (unpaired) electrons. The van der Waals surface area contributed by atoms with Gasteiger partial charge in [0.05, 0.1) is 21.3 Å². The third-order valence-corrected chi connectivity index (χ3v) is 3.26. The van der Waals surface area contributed by atoms with Gasteiger partial charge in [-0.25, -0.2) is 0 Å². The molecule has 0 saturated carbocycles. The van der Waals surface area contributed by atoms with E-state index in [-0.39, 0.29) is 12.3 Å². The molecule has 0 fully saturated rings. The first kappa shape index (κ1) is 18.5. The summed E-state index contributed by atoms with van der Waals surface area (Å²) < 4.78 is 15.0. The summed E-state index contributed by atoms with van der Waals surface area (Å²) in [5, 5.41) is 0. The molecule has 0 N–H and O–H groups in total. The summed E-state index contributed by atoms with van der Waals surface area (Å²) in [4.78, 5) is 25.1. The summed E-state index contributed by atoms with van der Waals surface area (Å²) in [6.07, 6.45) is 3.43. The Bertz CT molecular complexity index is 568. The van der Waals surface area contributed by atoms with Crippen LogP contribution < -0.4 is 9.47 Å². The molecule has 1 rings (SSSR count). The maximum Gasteiger partial charge on any atom is 0.315 e. The largest absolute Gasteiger partial charge is 0.493 e. The normalized spacial score (nSPS) is 10.4. The van der Waals surface area contributed by atoms with Crippen molar-refractivity contribution in [3.8, 4) is 11.5 Å². The summed E-state index contributed by atoms with van der Waals surface area (Å²) in [7, 11) is 4.39. The van der Waals surface area contributed by atoms with Crippen LogP contribution in [-0.4, -0.2) is 44.7 Å². The van der Waals surface area contributed by atoms with Crippen LogP contribution in [0.25, 0.3) is 0 Å². The lowest BCUT2D eigenvalue weighted by molar-refractivity contribution is -0.146. The first-order valence-corrected chi connectivity index (χ1v) is 7.22. The molecule has 1 amide bonds. The molecule has 0 atom stereocenters. The first-order valence-electron chi connectivity index (χ1n) is 7.22. The van der Waals surface area contributed by atoms with Gasteiger partial charge in [-0.05, 0) is 24.6 Å². The minimum atomic E-state index is -0.548. The van der Waals surface area contributed by atoms with Crippen LogP contribution in [0, 0.1) is 0 Å². The molecule has 0 spiro atoms. The van der Waals surface area contributed by atoms with Crippen molar-refractivity contribution in [2.75, 3.05) is 27.9 Å². The number of allylic oxidation sites excluding steroid dienone is 1. The first-order chi connectivity index (χ1) is 11.0. The van der Waals surface area contributed by atoms with E-state index in [0.717, 1.165) is 5.56 Å². The zero-order valence-corrected chi connectivity index (χ0v) is 14.0. The predicted octanol–water partition coefficient (Wildman–Crippen LogP) is 2.17. The molecular weight excluding hydrogens is 298 g/mol. The number of nitrogens with zero attached hydrogens (tertiary/aromatic N) is 1. The molecular formula is C17H23NO5. The number of rotatable bonds is 8. The van der Waals surface area contributed by atoms with Crippen molar-refractivity contribution in [1.82, 2.24) is 4.90 Å². The molecule has 0 aliphatic carbocycles. The monoisotopic (exact) mass is 321 g/mol. The lowest BCUT2D eigenvalue weighted by Crippen LogP contribution is -2.32. The van der Waals surface area contributed by atoms with Crippen LogP contribution in [-0.2, 0) is 20.9 Å². The molecule has 126 valence electrons. The maximum absolute atomic E-state index is 12.2. The predicted molar refractivity (Wildman–Crippen MR) is 86.4 cm³/mol. The van der Waals surface area contributed by atoms with Crippen LogP contribution in [0.3, 0.4) is 0 Å². The Hall–Kier alpha value is -2.50. The highest BCUT2D eigenvalue weighted by Crippen LogP contribution is 2.28. The average molecular weight is 321 g/mol. The second-order valence-corrected chi connectivity index (χ2v) is 4.79. The van der Waals surface area contributed by atoms with Crippen molar-refractivity contribution in [3.63, 3.8) is 0 Å². The Morgan fingerprint density at radius 1 is 1.13 bits per heavy atom. The van der Waals surface area contributed by atoms with Crippen molar-refractivity contribution in [2.45, 2.75) is 19.9 Å². The minimum Gasteiger partial charge on any atom is -0.493 e. The third-order valence-electron chi connectivity index (χ3n) is 3.26. The van der Waals surface area contributed by atoms with Crippen LogP contribution in [0.5, 0.6) is 11.5 Å². The number of hydrogen-bond acceptors (Lipinski definition) is 5.